The highest BCUT2D eigenvalue weighted by Gasteiger charge is 2.16. The fourth-order valence-corrected chi connectivity index (χ4v) is 2.91. The van der Waals surface area contributed by atoms with Gasteiger partial charge < -0.3 is 5.32 Å². The van der Waals surface area contributed by atoms with Crippen LogP contribution < -0.4 is 5.32 Å². The van der Waals surface area contributed by atoms with Crippen LogP contribution in [-0.2, 0) is 12.8 Å². The van der Waals surface area contributed by atoms with Crippen LogP contribution in [0.25, 0.3) is 0 Å². The molecule has 0 saturated carbocycles. The smallest absolute Gasteiger partial charge is 0.0897 e. The van der Waals surface area contributed by atoms with Crippen LogP contribution in [0.3, 0.4) is 0 Å². The lowest BCUT2D eigenvalue weighted by atomic mass is 10.0. The van der Waals surface area contributed by atoms with Crippen LogP contribution in [0.2, 0.25) is 0 Å². The average molecular weight is 275 g/mol. The van der Waals surface area contributed by atoms with Gasteiger partial charge in [-0.2, -0.15) is 0 Å². The molecule has 0 spiro atoms. The maximum absolute atomic E-state index is 4.58. The maximum atomic E-state index is 4.58. The minimum Gasteiger partial charge on any atom is -0.309 e. The highest BCUT2D eigenvalue weighted by molar-refractivity contribution is 7.09. The van der Waals surface area contributed by atoms with E-state index in [9.17, 15) is 0 Å². The third-order valence-electron chi connectivity index (χ3n) is 3.17. The molecule has 0 aromatic carbocycles. The van der Waals surface area contributed by atoms with Crippen LogP contribution in [0, 0.1) is 6.92 Å². The predicted octanol–water partition coefficient (Wildman–Crippen LogP) is 3.30. The van der Waals surface area contributed by atoms with Crippen molar-refractivity contribution in [2.45, 2.75) is 39.7 Å². The molecular weight excluding hydrogens is 254 g/mol. The largest absolute Gasteiger partial charge is 0.309 e. The number of hydrogen-bond donors (Lipinski definition) is 1. The van der Waals surface area contributed by atoms with E-state index in [1.54, 1.807) is 11.3 Å². The molecule has 1 unspecified atom stereocenters. The van der Waals surface area contributed by atoms with Gasteiger partial charge in [-0.3, -0.25) is 4.98 Å². The molecule has 102 valence electrons. The van der Waals surface area contributed by atoms with Gasteiger partial charge in [-0.1, -0.05) is 19.9 Å². The first-order valence-corrected chi connectivity index (χ1v) is 7.70. The molecule has 0 aliphatic carbocycles. The van der Waals surface area contributed by atoms with Gasteiger partial charge in [0.2, 0.25) is 0 Å². The summed E-state index contributed by atoms with van der Waals surface area (Å²) in [6.07, 6.45) is 3.80. The third kappa shape index (κ3) is 3.61. The number of pyridine rings is 1. The van der Waals surface area contributed by atoms with Crippen LogP contribution in [0.5, 0.6) is 0 Å². The molecule has 4 heteroatoms. The summed E-state index contributed by atoms with van der Waals surface area (Å²) in [6, 6.07) is 4.43. The Kier molecular flexibility index (Phi) is 5.05. The van der Waals surface area contributed by atoms with E-state index in [0.29, 0.717) is 0 Å². The molecule has 2 aromatic heterocycles. The minimum absolute atomic E-state index is 0.252. The molecule has 1 atom stereocenters. The Hall–Kier alpha value is -1.26. The lowest BCUT2D eigenvalue weighted by Crippen LogP contribution is -2.25. The summed E-state index contributed by atoms with van der Waals surface area (Å²) in [7, 11) is 0. The van der Waals surface area contributed by atoms with Crippen LogP contribution in [0.15, 0.2) is 23.7 Å². The second-order valence-electron chi connectivity index (χ2n) is 4.57. The van der Waals surface area contributed by atoms with E-state index in [1.807, 2.05) is 12.3 Å². The molecule has 2 aromatic rings. The van der Waals surface area contributed by atoms with Crippen molar-refractivity contribution >= 4 is 11.3 Å². The molecule has 0 aliphatic rings. The number of nitrogens with zero attached hydrogens (tertiary/aromatic N) is 2. The van der Waals surface area contributed by atoms with Crippen LogP contribution in [0.1, 0.15) is 41.8 Å². The zero-order valence-corrected chi connectivity index (χ0v) is 12.6. The van der Waals surface area contributed by atoms with Gasteiger partial charge >= 0.3 is 0 Å². The number of aromatic nitrogens is 2. The fourth-order valence-electron chi connectivity index (χ4n) is 2.29. The number of hydrogen-bond acceptors (Lipinski definition) is 4. The van der Waals surface area contributed by atoms with Crippen LogP contribution in [0.4, 0.5) is 0 Å². The molecule has 0 saturated heterocycles. The monoisotopic (exact) mass is 275 g/mol. The quantitative estimate of drug-likeness (QED) is 0.879. The number of aryl methyl sites for hydroxylation is 2. The fraction of sp³-hybridized carbons (Fsp3) is 0.467. The van der Waals surface area contributed by atoms with Gasteiger partial charge in [0, 0.05) is 18.0 Å². The normalized spacial score (nSPS) is 12.6. The van der Waals surface area contributed by atoms with E-state index >= 15 is 0 Å². The van der Waals surface area contributed by atoms with Gasteiger partial charge in [0.05, 0.1) is 22.4 Å². The lowest BCUT2D eigenvalue weighted by Gasteiger charge is -2.19. The van der Waals surface area contributed by atoms with Crippen molar-refractivity contribution < 1.29 is 0 Å². The summed E-state index contributed by atoms with van der Waals surface area (Å²) in [5.74, 6) is 0. The molecule has 3 nitrogen and oxygen atoms in total. The molecule has 1 N–H and O–H groups in total. The predicted molar refractivity (Wildman–Crippen MR) is 80.6 cm³/mol. The minimum atomic E-state index is 0.252. The number of rotatable bonds is 6. The molecule has 19 heavy (non-hydrogen) atoms. The van der Waals surface area contributed by atoms with Crippen molar-refractivity contribution in [1.82, 2.24) is 15.3 Å². The van der Waals surface area contributed by atoms with E-state index in [0.717, 1.165) is 35.8 Å². The van der Waals surface area contributed by atoms with Crippen molar-refractivity contribution in [2.24, 2.45) is 0 Å². The second kappa shape index (κ2) is 6.78. The topological polar surface area (TPSA) is 37.8 Å². The van der Waals surface area contributed by atoms with Crippen molar-refractivity contribution in [2.75, 3.05) is 6.54 Å². The molecule has 2 rings (SSSR count). The summed E-state index contributed by atoms with van der Waals surface area (Å²) in [4.78, 5) is 9.15. The molecule has 2 heterocycles. The van der Waals surface area contributed by atoms with E-state index in [-0.39, 0.29) is 6.04 Å². The Morgan fingerprint density at radius 3 is 2.84 bits per heavy atom. The Morgan fingerprint density at radius 1 is 1.37 bits per heavy atom. The summed E-state index contributed by atoms with van der Waals surface area (Å²) >= 11 is 1.71. The van der Waals surface area contributed by atoms with Crippen molar-refractivity contribution in [3.05, 3.63) is 45.7 Å². The molecule has 0 amide bonds. The average Bonchev–Trinajstić information content (AvgIpc) is 2.84. The Labute approximate surface area is 119 Å². The molecule has 0 bridgehead atoms. The Morgan fingerprint density at radius 2 is 2.21 bits per heavy atom. The number of thiazole rings is 1. The Balaban J connectivity index is 2.23. The van der Waals surface area contributed by atoms with Gasteiger partial charge in [-0.15, -0.1) is 11.3 Å². The molecular formula is C15H21N3S. The number of likely N-dealkylation sites (N-methyl/N-ethyl adjacent to an activating group) is 1. The van der Waals surface area contributed by atoms with Crippen molar-refractivity contribution in [3.63, 3.8) is 0 Å². The maximum Gasteiger partial charge on any atom is 0.0897 e. The van der Waals surface area contributed by atoms with Crippen LogP contribution in [-0.4, -0.2) is 16.5 Å². The standard InChI is InChI=1S/C15H21N3S/c1-4-12-7-6-8-17-15(12)14(16-5-2)9-13-10-19-11(3)18-13/h6-8,10,14,16H,4-5,9H2,1-3H3. The molecule has 0 aliphatic heterocycles. The Bertz CT molecular complexity index is 522. The molecule has 0 radical (unpaired) electrons. The van der Waals surface area contributed by atoms with E-state index < -0.39 is 0 Å². The number of nitrogens with one attached hydrogen (secondary N) is 1. The first-order valence-electron chi connectivity index (χ1n) is 6.82. The zero-order valence-electron chi connectivity index (χ0n) is 11.8. The van der Waals surface area contributed by atoms with Gasteiger partial charge in [0.1, 0.15) is 0 Å². The second-order valence-corrected chi connectivity index (χ2v) is 5.64. The van der Waals surface area contributed by atoms with Gasteiger partial charge in [-0.25, -0.2) is 4.98 Å². The SMILES string of the molecule is CCNC(Cc1csc(C)n1)c1ncccc1CC. The van der Waals surface area contributed by atoms with E-state index in [2.05, 4.69) is 47.5 Å². The van der Waals surface area contributed by atoms with E-state index in [1.165, 1.54) is 5.56 Å². The highest BCUT2D eigenvalue weighted by Crippen LogP contribution is 2.21. The first-order chi connectivity index (χ1) is 9.24. The third-order valence-corrected chi connectivity index (χ3v) is 3.99. The summed E-state index contributed by atoms with van der Waals surface area (Å²) in [5, 5.41) is 6.81. The van der Waals surface area contributed by atoms with Crippen LogP contribution >= 0.6 is 11.3 Å². The highest BCUT2D eigenvalue weighted by atomic mass is 32.1. The van der Waals surface area contributed by atoms with Crippen molar-refractivity contribution in [3.8, 4) is 0 Å². The van der Waals surface area contributed by atoms with Crippen molar-refractivity contribution in [1.29, 1.82) is 0 Å². The summed E-state index contributed by atoms with van der Waals surface area (Å²) in [5.41, 5.74) is 3.64. The molecule has 0 fully saturated rings. The summed E-state index contributed by atoms with van der Waals surface area (Å²) < 4.78 is 0. The first kappa shape index (κ1) is 14.2. The van der Waals surface area contributed by atoms with E-state index in [4.69, 9.17) is 0 Å². The van der Waals surface area contributed by atoms with Gasteiger partial charge in [0.15, 0.2) is 0 Å². The summed E-state index contributed by atoms with van der Waals surface area (Å²) in [6.45, 7) is 7.30. The zero-order chi connectivity index (χ0) is 13.7. The van der Waals surface area contributed by atoms with Gasteiger partial charge in [-0.05, 0) is 31.5 Å². The lowest BCUT2D eigenvalue weighted by molar-refractivity contribution is 0.527. The van der Waals surface area contributed by atoms with Gasteiger partial charge in [0.25, 0.3) is 0 Å².